The number of aromatic nitrogens is 3. The number of H-pyrrole nitrogens is 1. The maximum absolute atomic E-state index is 13.4. The molecular weight excluding hydrogens is 267 g/mol. The Morgan fingerprint density at radius 1 is 1.53 bits per heavy atom. The Hall–Kier alpha value is -2.02. The fraction of sp³-hybridized carbons (Fsp3) is 0.250. The number of carbonyl (C=O) groups excluding carboxylic acids is 1. The summed E-state index contributed by atoms with van der Waals surface area (Å²) in [6.07, 6.45) is 0.518. The largest absolute Gasteiger partial charge is 0.351 e. The van der Waals surface area contributed by atoms with Crippen LogP contribution in [0.2, 0.25) is 0 Å². The van der Waals surface area contributed by atoms with Gasteiger partial charge in [-0.2, -0.15) is 5.10 Å². The lowest BCUT2D eigenvalue weighted by atomic mass is 10.2. The molecule has 0 atom stereocenters. The Morgan fingerprint density at radius 3 is 2.89 bits per heavy atom. The lowest BCUT2D eigenvalue weighted by molar-refractivity contribution is 0.0950. The molecule has 0 spiro atoms. The first-order valence-corrected chi connectivity index (χ1v) is 6.13. The molecule has 2 N–H and O–H groups in total. The molecule has 5 nitrogen and oxygen atoms in total. The molecule has 1 heterocycles. The number of benzene rings is 1. The van der Waals surface area contributed by atoms with Crippen LogP contribution >= 0.6 is 12.2 Å². The van der Waals surface area contributed by atoms with E-state index in [4.69, 9.17) is 12.2 Å². The molecule has 100 valence electrons. The van der Waals surface area contributed by atoms with E-state index in [1.54, 1.807) is 23.7 Å². The highest BCUT2D eigenvalue weighted by molar-refractivity contribution is 7.71. The van der Waals surface area contributed by atoms with Gasteiger partial charge in [0, 0.05) is 20.0 Å². The van der Waals surface area contributed by atoms with Crippen molar-refractivity contribution in [1.29, 1.82) is 0 Å². The number of carbonyl (C=O) groups is 1. The van der Waals surface area contributed by atoms with Gasteiger partial charge in [0.1, 0.15) is 11.6 Å². The van der Waals surface area contributed by atoms with Gasteiger partial charge in [-0.3, -0.25) is 9.89 Å². The molecule has 0 fully saturated rings. The molecule has 2 aromatic rings. The Kier molecular flexibility index (Phi) is 4.06. The highest BCUT2D eigenvalue weighted by Gasteiger charge is 2.10. The zero-order chi connectivity index (χ0) is 13.8. The van der Waals surface area contributed by atoms with Crippen molar-refractivity contribution in [2.45, 2.75) is 6.42 Å². The Morgan fingerprint density at radius 2 is 2.26 bits per heavy atom. The van der Waals surface area contributed by atoms with Crippen molar-refractivity contribution in [3.63, 3.8) is 0 Å². The molecule has 7 heteroatoms. The SMILES string of the molecule is Cn1c(CCNC(=O)c2ccccc2F)n[nH]c1=S. The van der Waals surface area contributed by atoms with Crippen molar-refractivity contribution < 1.29 is 9.18 Å². The molecule has 2 rings (SSSR count). The summed E-state index contributed by atoms with van der Waals surface area (Å²) < 4.78 is 15.6. The molecule has 1 aromatic heterocycles. The van der Waals surface area contributed by atoms with E-state index < -0.39 is 11.7 Å². The highest BCUT2D eigenvalue weighted by Crippen LogP contribution is 2.05. The molecule has 0 saturated carbocycles. The molecular formula is C12H13FN4OS. The van der Waals surface area contributed by atoms with Crippen LogP contribution in [0.3, 0.4) is 0 Å². The summed E-state index contributed by atoms with van der Waals surface area (Å²) in [7, 11) is 1.79. The first-order valence-electron chi connectivity index (χ1n) is 5.72. The molecule has 0 aliphatic rings. The van der Waals surface area contributed by atoms with Gasteiger partial charge in [0.2, 0.25) is 0 Å². The van der Waals surface area contributed by atoms with E-state index in [0.717, 1.165) is 5.82 Å². The standard InChI is InChI=1S/C12H13FN4OS/c1-17-10(15-16-12(17)19)6-7-14-11(18)8-4-2-3-5-9(8)13/h2-5H,6-7H2,1H3,(H,14,18)(H,16,19). The van der Waals surface area contributed by atoms with Gasteiger partial charge in [0.15, 0.2) is 4.77 Å². The number of nitrogens with zero attached hydrogens (tertiary/aromatic N) is 2. The van der Waals surface area contributed by atoms with Crippen molar-refractivity contribution in [3.8, 4) is 0 Å². The maximum Gasteiger partial charge on any atom is 0.254 e. The predicted molar refractivity (Wildman–Crippen MR) is 70.8 cm³/mol. The zero-order valence-electron chi connectivity index (χ0n) is 10.3. The van der Waals surface area contributed by atoms with Crippen molar-refractivity contribution in [2.75, 3.05) is 6.54 Å². The fourth-order valence-corrected chi connectivity index (χ4v) is 1.78. The molecule has 0 bridgehead atoms. The smallest absolute Gasteiger partial charge is 0.254 e. The van der Waals surface area contributed by atoms with E-state index in [0.29, 0.717) is 17.7 Å². The third-order valence-corrected chi connectivity index (χ3v) is 3.09. The van der Waals surface area contributed by atoms with Crippen LogP contribution in [0.5, 0.6) is 0 Å². The molecule has 0 aliphatic carbocycles. The van der Waals surface area contributed by atoms with Crippen molar-refractivity contribution in [2.24, 2.45) is 7.05 Å². The second-order valence-electron chi connectivity index (χ2n) is 3.99. The summed E-state index contributed by atoms with van der Waals surface area (Å²) in [5.41, 5.74) is 0.0397. The predicted octanol–water partition coefficient (Wildman–Crippen LogP) is 1.59. The van der Waals surface area contributed by atoms with E-state index in [2.05, 4.69) is 15.5 Å². The molecule has 19 heavy (non-hydrogen) atoms. The van der Waals surface area contributed by atoms with Crippen LogP contribution < -0.4 is 5.32 Å². The summed E-state index contributed by atoms with van der Waals surface area (Å²) in [5.74, 6) is -0.230. The lowest BCUT2D eigenvalue weighted by Crippen LogP contribution is -2.27. The van der Waals surface area contributed by atoms with Gasteiger partial charge in [-0.15, -0.1) is 0 Å². The normalized spacial score (nSPS) is 10.4. The van der Waals surface area contributed by atoms with Gasteiger partial charge in [0.05, 0.1) is 5.56 Å². The maximum atomic E-state index is 13.4. The van der Waals surface area contributed by atoms with Crippen LogP contribution in [-0.2, 0) is 13.5 Å². The minimum absolute atomic E-state index is 0.0397. The van der Waals surface area contributed by atoms with Gasteiger partial charge in [-0.05, 0) is 24.4 Å². The van der Waals surface area contributed by atoms with E-state index in [1.807, 2.05) is 0 Å². The van der Waals surface area contributed by atoms with Gasteiger partial charge in [-0.1, -0.05) is 12.1 Å². The minimum Gasteiger partial charge on any atom is -0.351 e. The second-order valence-corrected chi connectivity index (χ2v) is 4.38. The van der Waals surface area contributed by atoms with E-state index in [1.165, 1.54) is 12.1 Å². The fourth-order valence-electron chi connectivity index (χ4n) is 1.63. The molecule has 0 radical (unpaired) electrons. The van der Waals surface area contributed by atoms with Gasteiger partial charge < -0.3 is 9.88 Å². The van der Waals surface area contributed by atoms with Crippen LogP contribution in [0.1, 0.15) is 16.2 Å². The number of hydrogen-bond acceptors (Lipinski definition) is 3. The number of nitrogens with one attached hydrogen (secondary N) is 2. The van der Waals surface area contributed by atoms with E-state index in [9.17, 15) is 9.18 Å². The summed E-state index contributed by atoms with van der Waals surface area (Å²) in [6, 6.07) is 5.86. The van der Waals surface area contributed by atoms with E-state index in [-0.39, 0.29) is 5.56 Å². The number of amides is 1. The van der Waals surface area contributed by atoms with Crippen LogP contribution in [0.4, 0.5) is 4.39 Å². The Bertz CT molecular complexity index is 649. The Balaban J connectivity index is 1.93. The average molecular weight is 280 g/mol. The van der Waals surface area contributed by atoms with Crippen molar-refractivity contribution >= 4 is 18.1 Å². The van der Waals surface area contributed by atoms with Gasteiger partial charge >= 0.3 is 0 Å². The first kappa shape index (κ1) is 13.4. The van der Waals surface area contributed by atoms with E-state index >= 15 is 0 Å². The van der Waals surface area contributed by atoms with Gasteiger partial charge in [-0.25, -0.2) is 4.39 Å². The summed E-state index contributed by atoms with van der Waals surface area (Å²) in [6.45, 7) is 0.362. The number of rotatable bonds is 4. The topological polar surface area (TPSA) is 62.7 Å². The summed E-state index contributed by atoms with van der Waals surface area (Å²) in [4.78, 5) is 11.7. The van der Waals surface area contributed by atoms with Crippen molar-refractivity contribution in [3.05, 3.63) is 46.2 Å². The Labute approximate surface area is 114 Å². The van der Waals surface area contributed by atoms with Crippen LogP contribution in [0.15, 0.2) is 24.3 Å². The number of halogens is 1. The van der Waals surface area contributed by atoms with Crippen LogP contribution in [0, 0.1) is 10.6 Å². The van der Waals surface area contributed by atoms with Crippen molar-refractivity contribution in [1.82, 2.24) is 20.1 Å². The summed E-state index contributed by atoms with van der Waals surface area (Å²) in [5, 5.41) is 9.33. The van der Waals surface area contributed by atoms with Gasteiger partial charge in [0.25, 0.3) is 5.91 Å². The molecule has 1 amide bonds. The lowest BCUT2D eigenvalue weighted by Gasteiger charge is -2.05. The van der Waals surface area contributed by atoms with Crippen LogP contribution in [-0.4, -0.2) is 27.2 Å². The third-order valence-electron chi connectivity index (χ3n) is 2.73. The first-order chi connectivity index (χ1) is 9.09. The molecule has 0 saturated heterocycles. The quantitative estimate of drug-likeness (QED) is 0.836. The zero-order valence-corrected chi connectivity index (χ0v) is 11.1. The molecule has 1 aromatic carbocycles. The number of aromatic amines is 1. The minimum atomic E-state index is -0.529. The van der Waals surface area contributed by atoms with Crippen LogP contribution in [0.25, 0.3) is 0 Å². The molecule has 0 aliphatic heterocycles. The highest BCUT2D eigenvalue weighted by atomic mass is 32.1. The molecule has 0 unspecified atom stereocenters. The number of hydrogen-bond donors (Lipinski definition) is 2. The second kappa shape index (κ2) is 5.75. The third kappa shape index (κ3) is 3.05. The average Bonchev–Trinajstić information content (AvgIpc) is 2.71. The summed E-state index contributed by atoms with van der Waals surface area (Å²) >= 11 is 4.98. The monoisotopic (exact) mass is 280 g/mol.